The topological polar surface area (TPSA) is 106 Å². The van der Waals surface area contributed by atoms with Gasteiger partial charge in [-0.05, 0) is 61.7 Å². The average molecular weight is 416 g/mol. The first-order valence-electron chi connectivity index (χ1n) is 9.91. The number of H-pyrrole nitrogens is 1. The van der Waals surface area contributed by atoms with Gasteiger partial charge in [-0.25, -0.2) is 0 Å². The minimum atomic E-state index is -0.390. The van der Waals surface area contributed by atoms with Gasteiger partial charge < -0.3 is 19.9 Å². The van der Waals surface area contributed by atoms with Crippen molar-refractivity contribution in [1.29, 1.82) is 5.26 Å². The van der Waals surface area contributed by atoms with Crippen LogP contribution in [0, 0.1) is 32.1 Å². The molecule has 0 fully saturated rings. The van der Waals surface area contributed by atoms with Crippen LogP contribution in [-0.2, 0) is 6.61 Å². The van der Waals surface area contributed by atoms with E-state index in [1.807, 2.05) is 51.1 Å². The molecule has 0 amide bonds. The number of aromatic amines is 1. The van der Waals surface area contributed by atoms with Gasteiger partial charge in [0, 0.05) is 16.8 Å². The molecule has 0 saturated heterocycles. The SMILES string of the molecule is COc1ccc(C2C(C#N)=C(N)Oc3n[nH]c(C)c32)cc1COc1cc(C)cc(C)c1. The fraction of sp³-hybridized carbons (Fsp3) is 0.250. The molecule has 0 saturated carbocycles. The number of aromatic nitrogens is 2. The maximum Gasteiger partial charge on any atom is 0.244 e. The Hall–Kier alpha value is -3.92. The lowest BCUT2D eigenvalue weighted by molar-refractivity contribution is 0.296. The maximum atomic E-state index is 9.77. The number of nitrogens with zero attached hydrogens (tertiary/aromatic N) is 2. The Kier molecular flexibility index (Phi) is 5.30. The van der Waals surface area contributed by atoms with Crippen LogP contribution >= 0.6 is 0 Å². The standard InChI is InChI=1S/C24H24N4O3/c1-13-7-14(2)9-18(8-13)30-12-17-10-16(5-6-20(17)29-4)22-19(11-25)23(26)31-24-21(22)15(3)27-28-24/h5-10,22H,12,26H2,1-4H3,(H,27,28). The van der Waals surface area contributed by atoms with Crippen LogP contribution in [0.3, 0.4) is 0 Å². The van der Waals surface area contributed by atoms with Crippen molar-refractivity contribution in [3.63, 3.8) is 0 Å². The van der Waals surface area contributed by atoms with E-state index in [1.165, 1.54) is 0 Å². The Balaban J connectivity index is 1.73. The van der Waals surface area contributed by atoms with Crippen molar-refractivity contribution in [3.8, 4) is 23.4 Å². The van der Waals surface area contributed by atoms with Crippen molar-refractivity contribution in [3.05, 3.63) is 81.4 Å². The molecular formula is C24H24N4O3. The Morgan fingerprint density at radius 1 is 1.16 bits per heavy atom. The molecule has 1 aromatic heterocycles. The van der Waals surface area contributed by atoms with Crippen LogP contribution in [0.25, 0.3) is 0 Å². The van der Waals surface area contributed by atoms with Crippen molar-refractivity contribution in [1.82, 2.24) is 10.2 Å². The van der Waals surface area contributed by atoms with Gasteiger partial charge in [0.05, 0.1) is 13.0 Å². The molecule has 0 aliphatic carbocycles. The number of allylic oxidation sites excluding steroid dienone is 1. The molecule has 1 aliphatic heterocycles. The first-order chi connectivity index (χ1) is 14.9. The second-order valence-corrected chi connectivity index (χ2v) is 7.68. The Morgan fingerprint density at radius 3 is 2.58 bits per heavy atom. The minimum absolute atomic E-state index is 0.0651. The smallest absolute Gasteiger partial charge is 0.244 e. The number of nitrogens with one attached hydrogen (secondary N) is 1. The summed E-state index contributed by atoms with van der Waals surface area (Å²) in [5, 5.41) is 16.9. The molecule has 3 aromatic rings. The molecule has 4 rings (SSSR count). The molecule has 1 atom stereocenters. The fourth-order valence-corrected chi connectivity index (χ4v) is 4.00. The van der Waals surface area contributed by atoms with E-state index >= 15 is 0 Å². The zero-order chi connectivity index (χ0) is 22.1. The summed E-state index contributed by atoms with van der Waals surface area (Å²) in [6.45, 7) is 6.29. The molecule has 3 N–H and O–H groups in total. The molecule has 2 heterocycles. The third-order valence-corrected chi connectivity index (χ3v) is 5.36. The molecule has 0 bridgehead atoms. The number of fused-ring (bicyclic) bond motifs is 1. The lowest BCUT2D eigenvalue weighted by atomic mass is 9.83. The Bertz CT molecular complexity index is 1200. The van der Waals surface area contributed by atoms with Crippen molar-refractivity contribution in [2.75, 3.05) is 7.11 Å². The van der Waals surface area contributed by atoms with Gasteiger partial charge in [0.15, 0.2) is 0 Å². The van der Waals surface area contributed by atoms with Crippen LogP contribution in [0.1, 0.15) is 39.4 Å². The monoisotopic (exact) mass is 416 g/mol. The third kappa shape index (κ3) is 3.80. The maximum absolute atomic E-state index is 9.77. The number of rotatable bonds is 5. The number of ether oxygens (including phenoxy) is 3. The van der Waals surface area contributed by atoms with Gasteiger partial charge in [-0.1, -0.05) is 12.1 Å². The number of benzene rings is 2. The Labute approximate surface area is 181 Å². The third-order valence-electron chi connectivity index (χ3n) is 5.36. The highest BCUT2D eigenvalue weighted by Gasteiger charge is 2.34. The predicted molar refractivity (Wildman–Crippen MR) is 116 cm³/mol. The number of nitriles is 1. The highest BCUT2D eigenvalue weighted by Crippen LogP contribution is 2.43. The minimum Gasteiger partial charge on any atom is -0.496 e. The summed E-state index contributed by atoms with van der Waals surface area (Å²) in [6.07, 6.45) is 0. The van der Waals surface area contributed by atoms with Gasteiger partial charge in [-0.3, -0.25) is 5.10 Å². The summed E-state index contributed by atoms with van der Waals surface area (Å²) >= 11 is 0. The van der Waals surface area contributed by atoms with Gasteiger partial charge in [-0.2, -0.15) is 5.26 Å². The summed E-state index contributed by atoms with van der Waals surface area (Å²) in [5.74, 6) is 1.57. The number of aryl methyl sites for hydroxylation is 3. The van der Waals surface area contributed by atoms with E-state index in [0.717, 1.165) is 39.3 Å². The molecule has 0 radical (unpaired) electrons. The van der Waals surface area contributed by atoms with Gasteiger partial charge in [0.2, 0.25) is 11.8 Å². The van der Waals surface area contributed by atoms with Crippen molar-refractivity contribution >= 4 is 0 Å². The van der Waals surface area contributed by atoms with Crippen LogP contribution in [-0.4, -0.2) is 17.3 Å². The highest BCUT2D eigenvalue weighted by atomic mass is 16.5. The van der Waals surface area contributed by atoms with Crippen molar-refractivity contribution in [2.45, 2.75) is 33.3 Å². The second kappa shape index (κ2) is 8.07. The average Bonchev–Trinajstić information content (AvgIpc) is 3.10. The summed E-state index contributed by atoms with van der Waals surface area (Å²) < 4.78 is 17.2. The Morgan fingerprint density at radius 2 is 1.90 bits per heavy atom. The lowest BCUT2D eigenvalue weighted by Crippen LogP contribution is -2.21. The van der Waals surface area contributed by atoms with E-state index in [-0.39, 0.29) is 5.88 Å². The van der Waals surface area contributed by atoms with Gasteiger partial charge in [0.25, 0.3) is 0 Å². The zero-order valence-corrected chi connectivity index (χ0v) is 17.9. The van der Waals surface area contributed by atoms with E-state index in [4.69, 9.17) is 19.9 Å². The lowest BCUT2D eigenvalue weighted by Gasteiger charge is -2.24. The zero-order valence-electron chi connectivity index (χ0n) is 17.9. The van der Waals surface area contributed by atoms with E-state index in [0.29, 0.717) is 23.8 Å². The molecule has 0 spiro atoms. The molecule has 1 unspecified atom stereocenters. The van der Waals surface area contributed by atoms with Gasteiger partial charge in [-0.15, -0.1) is 5.10 Å². The molecule has 7 nitrogen and oxygen atoms in total. The van der Waals surface area contributed by atoms with Crippen LogP contribution in [0.15, 0.2) is 47.9 Å². The van der Waals surface area contributed by atoms with Crippen molar-refractivity contribution < 1.29 is 14.2 Å². The van der Waals surface area contributed by atoms with Crippen LogP contribution in [0.2, 0.25) is 0 Å². The first-order valence-corrected chi connectivity index (χ1v) is 9.91. The van der Waals surface area contributed by atoms with Crippen LogP contribution in [0.4, 0.5) is 0 Å². The molecule has 2 aromatic carbocycles. The first kappa shape index (κ1) is 20.4. The molecule has 7 heteroatoms. The number of hydrogen-bond donors (Lipinski definition) is 2. The highest BCUT2D eigenvalue weighted by molar-refractivity contribution is 5.56. The molecule has 1 aliphatic rings. The van der Waals surface area contributed by atoms with Crippen LogP contribution < -0.4 is 19.9 Å². The normalized spacial score (nSPS) is 15.1. The summed E-state index contributed by atoms with van der Waals surface area (Å²) in [7, 11) is 1.63. The predicted octanol–water partition coefficient (Wildman–Crippen LogP) is 4.14. The van der Waals surface area contributed by atoms with Crippen LogP contribution in [0.5, 0.6) is 17.4 Å². The molecular weight excluding hydrogens is 392 g/mol. The van der Waals surface area contributed by atoms with Gasteiger partial charge in [0.1, 0.15) is 29.7 Å². The van der Waals surface area contributed by atoms with E-state index in [9.17, 15) is 5.26 Å². The summed E-state index contributed by atoms with van der Waals surface area (Å²) in [5.41, 5.74) is 12.0. The van der Waals surface area contributed by atoms with Gasteiger partial charge >= 0.3 is 0 Å². The molecule has 31 heavy (non-hydrogen) atoms. The largest absolute Gasteiger partial charge is 0.496 e. The summed E-state index contributed by atoms with van der Waals surface area (Å²) in [6, 6.07) is 14.1. The number of nitrogens with two attached hydrogens (primary N) is 1. The van der Waals surface area contributed by atoms with Crippen molar-refractivity contribution in [2.24, 2.45) is 5.73 Å². The van der Waals surface area contributed by atoms with E-state index in [2.05, 4.69) is 22.3 Å². The summed E-state index contributed by atoms with van der Waals surface area (Å²) in [4.78, 5) is 0. The quantitative estimate of drug-likeness (QED) is 0.647. The second-order valence-electron chi connectivity index (χ2n) is 7.68. The molecule has 158 valence electrons. The number of hydrogen-bond acceptors (Lipinski definition) is 6. The fourth-order valence-electron chi connectivity index (χ4n) is 4.00. The van der Waals surface area contributed by atoms with E-state index < -0.39 is 5.92 Å². The number of methoxy groups -OCH3 is 1. The van der Waals surface area contributed by atoms with E-state index in [1.54, 1.807) is 7.11 Å².